The molecule has 0 bridgehead atoms. The van der Waals surface area contributed by atoms with E-state index in [-0.39, 0.29) is 0 Å². The van der Waals surface area contributed by atoms with Crippen LogP contribution in [0.15, 0.2) is 24.3 Å². The molecule has 0 heterocycles. The van der Waals surface area contributed by atoms with Crippen molar-refractivity contribution in [3.8, 4) is 5.75 Å². The van der Waals surface area contributed by atoms with Crippen LogP contribution in [0.5, 0.6) is 5.75 Å². The second-order valence-corrected chi connectivity index (χ2v) is 3.59. The van der Waals surface area contributed by atoms with Crippen LogP contribution >= 0.6 is 0 Å². The van der Waals surface area contributed by atoms with Crippen molar-refractivity contribution < 1.29 is 10.1 Å². The molecule has 0 aliphatic rings. The molecule has 1 aromatic rings. The molecule has 1 aromatic carbocycles. The minimum Gasteiger partial charge on any atom is -0.305 e. The number of quaternary nitrogens is 1. The Hall–Kier alpha value is -1.06. The van der Waals surface area contributed by atoms with Gasteiger partial charge in [-0.15, -0.1) is 0 Å². The van der Waals surface area contributed by atoms with Gasteiger partial charge >= 0.3 is 0 Å². The number of rotatable bonds is 2. The zero-order valence-corrected chi connectivity index (χ0v) is 7.57. The fourth-order valence-electron chi connectivity index (χ4n) is 0.949. The van der Waals surface area contributed by atoms with Crippen molar-refractivity contribution in [2.75, 3.05) is 21.1 Å². The molecule has 0 N–H and O–H groups in total. The van der Waals surface area contributed by atoms with Gasteiger partial charge in [-0.2, -0.15) is 0 Å². The van der Waals surface area contributed by atoms with Gasteiger partial charge in [-0.05, 0) is 12.1 Å². The molecule has 0 spiro atoms. The Bertz CT molecular complexity index is 248. The quantitative estimate of drug-likeness (QED) is 0.287. The van der Waals surface area contributed by atoms with Gasteiger partial charge in [0.15, 0.2) is 5.75 Å². The molecule has 12 heavy (non-hydrogen) atoms. The van der Waals surface area contributed by atoms with E-state index >= 15 is 0 Å². The van der Waals surface area contributed by atoms with Crippen molar-refractivity contribution in [1.29, 1.82) is 0 Å². The maximum atomic E-state index is 9.99. The molecule has 3 nitrogen and oxygen atoms in total. The number of nitrogens with zero attached hydrogens (tertiary/aromatic N) is 1. The molecule has 0 fully saturated rings. The fourth-order valence-corrected chi connectivity index (χ4v) is 0.949. The summed E-state index contributed by atoms with van der Waals surface area (Å²) in [6.07, 6.45) is 0. The summed E-state index contributed by atoms with van der Waals surface area (Å²) < 4.78 is 0.735. The Balaban J connectivity index is 2.93. The molecule has 1 rings (SSSR count). The zero-order valence-electron chi connectivity index (χ0n) is 7.57. The first-order chi connectivity index (χ1) is 5.54. The summed E-state index contributed by atoms with van der Waals surface area (Å²) in [5, 5.41) is 9.99. The molecular formula is C9H13NO2+. The van der Waals surface area contributed by atoms with Gasteiger partial charge in [-0.3, -0.25) is 4.48 Å². The summed E-state index contributed by atoms with van der Waals surface area (Å²) in [4.78, 5) is 3.82. The lowest BCUT2D eigenvalue weighted by Gasteiger charge is -2.23. The van der Waals surface area contributed by atoms with Gasteiger partial charge in [0, 0.05) is 17.4 Å². The molecule has 0 aromatic heterocycles. The van der Waals surface area contributed by atoms with Crippen molar-refractivity contribution in [3.63, 3.8) is 0 Å². The Morgan fingerprint density at radius 2 is 1.58 bits per heavy atom. The lowest BCUT2D eigenvalue weighted by Crippen LogP contribution is -2.34. The van der Waals surface area contributed by atoms with Crippen molar-refractivity contribution >= 4 is 5.69 Å². The highest BCUT2D eigenvalue weighted by Gasteiger charge is 2.11. The van der Waals surface area contributed by atoms with Crippen LogP contribution in [0.4, 0.5) is 5.69 Å². The highest BCUT2D eigenvalue weighted by atomic mass is 19.1. The van der Waals surface area contributed by atoms with E-state index in [2.05, 4.69) is 26.0 Å². The Morgan fingerprint density at radius 3 is 1.92 bits per heavy atom. The van der Waals surface area contributed by atoms with Crippen molar-refractivity contribution in [1.82, 2.24) is 4.48 Å². The molecule has 65 valence electrons. The van der Waals surface area contributed by atoms with Gasteiger partial charge in [0.05, 0.1) is 21.1 Å². The highest BCUT2D eigenvalue weighted by molar-refractivity contribution is 5.44. The summed E-state index contributed by atoms with van der Waals surface area (Å²) in [7, 11) is 6.19. The van der Waals surface area contributed by atoms with Crippen LogP contribution in [0.25, 0.3) is 0 Å². The van der Waals surface area contributed by atoms with Gasteiger partial charge in [-0.1, -0.05) is 0 Å². The summed E-state index contributed by atoms with van der Waals surface area (Å²) in [6, 6.07) is 7.11. The summed E-state index contributed by atoms with van der Waals surface area (Å²) >= 11 is 0. The van der Waals surface area contributed by atoms with Gasteiger partial charge in [-0.25, -0.2) is 0 Å². The van der Waals surface area contributed by atoms with Crippen LogP contribution in [0.1, 0.15) is 0 Å². The van der Waals surface area contributed by atoms with Gasteiger partial charge < -0.3 is 4.89 Å². The maximum absolute atomic E-state index is 9.99. The summed E-state index contributed by atoms with van der Waals surface area (Å²) in [6.45, 7) is 0. The number of benzene rings is 1. The van der Waals surface area contributed by atoms with Crippen molar-refractivity contribution in [3.05, 3.63) is 24.3 Å². The standard InChI is InChI=1S/C9H13NO2/c1-10(2,3)8-4-6-9(12-11)7-5-8/h4-7H,1-3H3/q+1/i11+2,12+2. The smallest absolute Gasteiger partial charge is 0.169 e. The Morgan fingerprint density at radius 1 is 1.08 bits per heavy atom. The molecule has 0 unspecified atom stereocenters. The summed E-state index contributed by atoms with van der Waals surface area (Å²) in [5.41, 5.74) is 1.14. The van der Waals surface area contributed by atoms with Gasteiger partial charge in [0.2, 0.25) is 0 Å². The van der Waals surface area contributed by atoms with Crippen LogP contribution in [0.3, 0.4) is 0 Å². The van der Waals surface area contributed by atoms with E-state index in [4.69, 9.17) is 0 Å². The van der Waals surface area contributed by atoms with E-state index in [0.717, 1.165) is 10.2 Å². The molecule has 0 aliphatic carbocycles. The molecular weight excluding hydrogens is 158 g/mol. The number of hydrogen-bond donors (Lipinski definition) is 0. The highest BCUT2D eigenvalue weighted by Crippen LogP contribution is 2.20. The minimum absolute atomic E-state index is 0.354. The van der Waals surface area contributed by atoms with Gasteiger partial charge in [0.25, 0.3) is 0 Å². The van der Waals surface area contributed by atoms with Crippen LogP contribution in [-0.2, 0) is 5.26 Å². The third-order valence-corrected chi connectivity index (χ3v) is 1.71. The molecule has 0 saturated heterocycles. The second kappa shape index (κ2) is 3.13. The van der Waals surface area contributed by atoms with E-state index in [1.165, 1.54) is 0 Å². The largest absolute Gasteiger partial charge is 0.305 e. The molecule has 1 radical (unpaired) electrons. The van der Waals surface area contributed by atoms with Gasteiger partial charge in [0.1, 0.15) is 5.69 Å². The minimum atomic E-state index is 0.354. The molecule has 0 atom stereocenters. The maximum Gasteiger partial charge on any atom is 0.169 e. The normalized spacial score (nSPS) is 11.3. The van der Waals surface area contributed by atoms with Crippen LogP contribution < -0.4 is 9.37 Å². The predicted molar refractivity (Wildman–Crippen MR) is 47.3 cm³/mol. The third-order valence-electron chi connectivity index (χ3n) is 1.71. The lowest BCUT2D eigenvalue weighted by molar-refractivity contribution is -0.208. The lowest BCUT2D eigenvalue weighted by atomic mass is 10.3. The fraction of sp³-hybridized carbons (Fsp3) is 0.333. The Labute approximate surface area is 72.3 Å². The number of hydrogen-bond acceptors (Lipinski definition) is 1. The monoisotopic (exact) mass is 171 g/mol. The third kappa shape index (κ3) is 1.96. The van der Waals surface area contributed by atoms with Crippen molar-refractivity contribution in [2.45, 2.75) is 0 Å². The van der Waals surface area contributed by atoms with Crippen LogP contribution in [0, 0.1) is 0 Å². The predicted octanol–water partition coefficient (Wildman–Crippen LogP) is 1.61. The van der Waals surface area contributed by atoms with E-state index in [9.17, 15) is 5.26 Å². The average molecular weight is 171 g/mol. The molecule has 0 aliphatic heterocycles. The van der Waals surface area contributed by atoms with Crippen molar-refractivity contribution in [2.24, 2.45) is 0 Å². The molecule has 0 saturated carbocycles. The molecule has 0 amide bonds. The first-order valence-electron chi connectivity index (χ1n) is 3.76. The van der Waals surface area contributed by atoms with Crippen LogP contribution in [-0.4, -0.2) is 21.1 Å². The van der Waals surface area contributed by atoms with E-state index in [1.54, 1.807) is 12.1 Å². The van der Waals surface area contributed by atoms with E-state index in [1.807, 2.05) is 12.1 Å². The first kappa shape index (κ1) is 9.03. The first-order valence-corrected chi connectivity index (χ1v) is 3.76. The van der Waals surface area contributed by atoms with E-state index < -0.39 is 0 Å². The van der Waals surface area contributed by atoms with Crippen LogP contribution in [0.2, 0.25) is 0 Å². The van der Waals surface area contributed by atoms with E-state index in [0.29, 0.717) is 5.75 Å². The molecule has 3 heteroatoms. The SMILES string of the molecule is C[N+](C)(C)c1ccc([18O][18O])cc1. The Kier molecular flexibility index (Phi) is 2.35. The summed E-state index contributed by atoms with van der Waals surface area (Å²) in [5.74, 6) is 0.354. The average Bonchev–Trinajstić information content (AvgIpc) is 2.03. The zero-order chi connectivity index (χ0) is 9.19. The second-order valence-electron chi connectivity index (χ2n) is 3.59. The topological polar surface area (TPSA) is 29.1 Å².